The third kappa shape index (κ3) is 7.99. The van der Waals surface area contributed by atoms with Crippen LogP contribution in [0, 0.1) is 0 Å². The van der Waals surface area contributed by atoms with Crippen molar-refractivity contribution in [1.82, 2.24) is 34.1 Å². The van der Waals surface area contributed by atoms with Crippen LogP contribution in [0.3, 0.4) is 0 Å². The van der Waals surface area contributed by atoms with E-state index in [-0.39, 0.29) is 45.6 Å². The zero-order chi connectivity index (χ0) is 38.8. The maximum absolute atomic E-state index is 12.6. The summed E-state index contributed by atoms with van der Waals surface area (Å²) in [6, 6.07) is 0. The number of phosphoric ester groups is 1. The van der Waals surface area contributed by atoms with Crippen molar-refractivity contribution in [3.63, 3.8) is 0 Å². The molecule has 0 amide bonds. The number of hydrogen-bond acceptors (Lipinski definition) is 24. The Morgan fingerprint density at radius 2 is 1.75 bits per heavy atom. The number of ether oxygens (including phenoxy) is 3. The van der Waals surface area contributed by atoms with Gasteiger partial charge in [0.2, 0.25) is 12.2 Å². The number of aliphatic hydroxyl groups excluding tert-OH is 3. The smallest absolute Gasteiger partial charge is 0.309 e. The Bertz CT molecular complexity index is 2240. The van der Waals surface area contributed by atoms with Gasteiger partial charge in [-0.2, -0.15) is 4.98 Å². The van der Waals surface area contributed by atoms with Gasteiger partial charge in [-0.05, 0) is 0 Å². The molecule has 0 radical (unpaired) electrons. The average Bonchev–Trinajstić information content (AvgIpc) is 3.77. The molecule has 8 N–H and O–H groups in total. The summed E-state index contributed by atoms with van der Waals surface area (Å²) in [5.41, 5.74) is 10.1. The number of aromatic nitrogens is 8. The number of nitrogens with one attached hydrogen (secondary N) is 1. The molecule has 292 valence electrons. The molecule has 0 spiro atoms. The number of nitrogens with two attached hydrogens (primary N) is 2. The normalized spacial score (nSPS) is 29.7. The number of fused-ring (bicyclic) bond motifs is 2. The van der Waals surface area contributed by atoms with Gasteiger partial charge in [0.25, 0.3) is 27.2 Å². The van der Waals surface area contributed by atoms with Crippen LogP contribution in [0.15, 0.2) is 17.4 Å². The molecular weight excluding hydrogens is 801 g/mol. The molecule has 4 aromatic heterocycles. The zero-order valence-corrected chi connectivity index (χ0v) is 30.3. The first-order valence-electron chi connectivity index (χ1n) is 14.7. The van der Waals surface area contributed by atoms with Crippen LogP contribution in [-0.2, 0) is 48.1 Å². The second-order valence-electron chi connectivity index (χ2n) is 11.4. The van der Waals surface area contributed by atoms with E-state index in [4.69, 9.17) is 25.7 Å². The van der Waals surface area contributed by atoms with E-state index in [0.717, 1.165) is 10.9 Å². The number of phosphoric acid groups is 2. The average molecular weight is 830 g/mol. The summed E-state index contributed by atoms with van der Waals surface area (Å²) in [6.07, 6.45) is -9.72. The maximum atomic E-state index is 12.6. The minimum absolute atomic E-state index is 0.00150. The molecule has 0 saturated carbocycles. The van der Waals surface area contributed by atoms with Crippen LogP contribution >= 0.6 is 33.8 Å². The number of aliphatic hydroxyl groups is 3. The molecule has 4 aromatic rings. The number of aromatic amines is 1. The molecular formula is C22H28N10O17P3S-3. The Balaban J connectivity index is 1.06. The first-order valence-corrected chi connectivity index (χ1v) is 20.7. The summed E-state index contributed by atoms with van der Waals surface area (Å²) in [5, 5.41) is 44.1. The number of anilines is 2. The molecule has 11 atom stereocenters. The summed E-state index contributed by atoms with van der Waals surface area (Å²) < 4.78 is 69.9. The van der Waals surface area contributed by atoms with Gasteiger partial charge >= 0.3 is 5.65 Å². The lowest BCUT2D eigenvalue weighted by atomic mass is 10.1. The molecule has 0 aromatic carbocycles. The van der Waals surface area contributed by atoms with Crippen LogP contribution in [0.1, 0.15) is 12.5 Å². The molecule has 2 saturated heterocycles. The Morgan fingerprint density at radius 1 is 1.04 bits per heavy atom. The zero-order valence-electron chi connectivity index (χ0n) is 26.8. The predicted octanol–water partition coefficient (Wildman–Crippen LogP) is -5.29. The van der Waals surface area contributed by atoms with Gasteiger partial charge in [-0.25, -0.2) is 18.8 Å². The van der Waals surface area contributed by atoms with E-state index in [1.807, 2.05) is 0 Å². The van der Waals surface area contributed by atoms with Crippen molar-refractivity contribution < 1.29 is 80.7 Å². The van der Waals surface area contributed by atoms with Gasteiger partial charge in [0.1, 0.15) is 30.5 Å². The van der Waals surface area contributed by atoms with Crippen molar-refractivity contribution >= 4 is 68.0 Å². The number of H-pyrrole nitrogens is 1. The van der Waals surface area contributed by atoms with Crippen LogP contribution < -0.4 is 41.4 Å². The molecule has 5 unspecified atom stereocenters. The Morgan fingerprint density at radius 3 is 2.45 bits per heavy atom. The second kappa shape index (κ2) is 14.5. The molecule has 0 aliphatic carbocycles. The highest BCUT2D eigenvalue weighted by Gasteiger charge is 2.49. The molecule has 53 heavy (non-hydrogen) atoms. The summed E-state index contributed by atoms with van der Waals surface area (Å²) in [4.78, 5) is 66.9. The van der Waals surface area contributed by atoms with Crippen LogP contribution in [0.4, 0.5) is 11.9 Å². The van der Waals surface area contributed by atoms with Crippen LogP contribution in [0.5, 0.6) is 5.88 Å². The van der Waals surface area contributed by atoms with Crippen molar-refractivity contribution in [2.45, 2.75) is 49.1 Å². The third-order valence-corrected chi connectivity index (χ3v) is 14.3. The topological polar surface area (TPSA) is 410 Å². The van der Waals surface area contributed by atoms with E-state index >= 15 is 0 Å². The van der Waals surface area contributed by atoms with E-state index in [2.05, 4.69) is 38.1 Å². The molecule has 2 aliphatic heterocycles. The number of rotatable bonds is 13. The van der Waals surface area contributed by atoms with Gasteiger partial charge in [0.05, 0.1) is 26.1 Å². The minimum Gasteiger partial charge on any atom is -0.856 e. The van der Waals surface area contributed by atoms with E-state index in [1.165, 1.54) is 29.6 Å². The first kappa shape index (κ1) is 39.6. The number of aryl methyl sites for hydroxylation is 1. The van der Waals surface area contributed by atoms with Gasteiger partial charge in [0, 0.05) is 18.7 Å². The van der Waals surface area contributed by atoms with Gasteiger partial charge in [0.15, 0.2) is 36.0 Å². The Labute approximate surface area is 298 Å². The molecule has 6 heterocycles. The minimum atomic E-state index is -6.26. The number of hydrogen-bond donors (Lipinski definition) is 6. The van der Waals surface area contributed by atoms with Crippen LogP contribution in [-0.4, -0.2) is 105 Å². The van der Waals surface area contributed by atoms with Crippen molar-refractivity contribution in [2.75, 3.05) is 30.9 Å². The van der Waals surface area contributed by atoms with E-state index in [9.17, 15) is 53.6 Å². The standard InChI is InChI=1S/C22H31N10O17P3S/c1-30-6-32(16-10(30)18(37)29-22(24)27-16)20-14(44-2)12(34)8(47-20)4-53-52(42,43)49-51(40,41)48-50(38,39)45-3-7-11(33)13(35)19(46-7)31-5-25-9-15(31)26-21(23)28-17(9)36/h5-8,11-14,19-20,33-35H,3-4H2,1-2H3,(H8-,23,24,26,27,28,29,36,37,38,39,40,41,42,43)/p-3/t7-,8-,11?,12+,13+,14?,19-,20-/m1/s1. The monoisotopic (exact) mass is 829 g/mol. The highest BCUT2D eigenvalue weighted by atomic mass is 32.7. The fraction of sp³-hybridized carbons (Fsp3) is 0.545. The van der Waals surface area contributed by atoms with Crippen molar-refractivity contribution in [3.05, 3.63) is 23.0 Å². The summed E-state index contributed by atoms with van der Waals surface area (Å²) in [5.74, 6) is -2.08. The molecule has 0 bridgehead atoms. The highest BCUT2D eigenvalue weighted by molar-refractivity contribution is 8.54. The van der Waals surface area contributed by atoms with Gasteiger partial charge in [-0.15, -0.1) is 0 Å². The lowest BCUT2D eigenvalue weighted by Gasteiger charge is -2.35. The fourth-order valence-electron chi connectivity index (χ4n) is 5.61. The Hall–Kier alpha value is -3.14. The van der Waals surface area contributed by atoms with Gasteiger partial charge in [-0.3, -0.25) is 36.9 Å². The number of methoxy groups -OCH3 is 1. The summed E-state index contributed by atoms with van der Waals surface area (Å²) >= 11 is -0.189. The van der Waals surface area contributed by atoms with Crippen LogP contribution in [0.25, 0.3) is 22.3 Å². The number of nitrogens with zero attached hydrogens (tertiary/aromatic N) is 7. The van der Waals surface area contributed by atoms with Crippen molar-refractivity contribution in [3.8, 4) is 5.88 Å². The number of nitrogen functional groups attached to an aromatic ring is 2. The van der Waals surface area contributed by atoms with Gasteiger partial charge in [-0.1, -0.05) is 16.4 Å². The lowest BCUT2D eigenvalue weighted by Crippen LogP contribution is -2.46. The SMILES string of the molecule is COC1[C@@H](O)[C@@H](CSP(=O)([O-])OP(=O)([O-])OP(=O)([O-])OC[C@H]2O[C@@H](n3cnc4c(=O)[nH]c(N)nc43)[C@@H](O)C2O)O[C@H]1[n+]1cn(C)c2c([O-])nc(N)nc21. The van der Waals surface area contributed by atoms with E-state index in [1.54, 1.807) is 0 Å². The Kier molecular flexibility index (Phi) is 10.8. The summed E-state index contributed by atoms with van der Waals surface area (Å²) in [6.45, 7) is -6.75. The molecule has 2 fully saturated rings. The van der Waals surface area contributed by atoms with Crippen molar-refractivity contribution in [2.24, 2.45) is 7.05 Å². The first-order chi connectivity index (χ1) is 24.7. The van der Waals surface area contributed by atoms with Crippen LogP contribution in [0.2, 0.25) is 0 Å². The van der Waals surface area contributed by atoms with Gasteiger partial charge < -0.3 is 65.3 Å². The quantitative estimate of drug-likeness (QED) is 0.0541. The lowest BCUT2D eigenvalue weighted by molar-refractivity contribution is -0.745. The summed E-state index contributed by atoms with van der Waals surface area (Å²) in [7, 11) is -9.52. The molecule has 27 nitrogen and oxygen atoms in total. The second-order valence-corrected chi connectivity index (χ2v) is 18.3. The largest absolute Gasteiger partial charge is 0.856 e. The molecule has 2 aliphatic rings. The highest BCUT2D eigenvalue weighted by Crippen LogP contribution is 2.67. The molecule has 6 rings (SSSR count). The maximum Gasteiger partial charge on any atom is 0.309 e. The fourth-order valence-corrected chi connectivity index (χ4v) is 11.4. The van der Waals surface area contributed by atoms with Crippen molar-refractivity contribution in [1.29, 1.82) is 0 Å². The number of imidazole rings is 2. The third-order valence-electron chi connectivity index (χ3n) is 7.86. The van der Waals surface area contributed by atoms with E-state index in [0.29, 0.717) is 0 Å². The van der Waals surface area contributed by atoms with E-state index < -0.39 is 95.3 Å². The predicted molar refractivity (Wildman–Crippen MR) is 165 cm³/mol. The molecule has 31 heteroatoms.